The van der Waals surface area contributed by atoms with E-state index in [1.54, 1.807) is 24.1 Å². The van der Waals surface area contributed by atoms with Gasteiger partial charge in [0.2, 0.25) is 5.79 Å². The van der Waals surface area contributed by atoms with Crippen molar-refractivity contribution < 1.29 is 23.7 Å². The lowest BCUT2D eigenvalue weighted by molar-refractivity contribution is -0.227. The molecule has 2 aliphatic rings. The first-order chi connectivity index (χ1) is 13.6. The summed E-state index contributed by atoms with van der Waals surface area (Å²) in [5.74, 6) is 1.33. The molecule has 1 amide bonds. The first kappa shape index (κ1) is 19.1. The van der Waals surface area contributed by atoms with Crippen molar-refractivity contribution in [2.45, 2.75) is 25.2 Å². The molecule has 6 nitrogen and oxygen atoms in total. The van der Waals surface area contributed by atoms with E-state index in [9.17, 15) is 4.79 Å². The minimum Gasteiger partial charge on any atom is -0.493 e. The number of amides is 1. The first-order valence-electron chi connectivity index (χ1n) is 9.23. The highest BCUT2D eigenvalue weighted by Crippen LogP contribution is 2.38. The van der Waals surface area contributed by atoms with Gasteiger partial charge in [0.05, 0.1) is 13.7 Å². The lowest BCUT2D eigenvalue weighted by atomic mass is 10.0. The van der Waals surface area contributed by atoms with Crippen LogP contribution in [-0.2, 0) is 16.1 Å². The van der Waals surface area contributed by atoms with Crippen molar-refractivity contribution in [2.24, 2.45) is 0 Å². The van der Waals surface area contributed by atoms with Crippen molar-refractivity contribution >= 4 is 21.8 Å². The van der Waals surface area contributed by atoms with Gasteiger partial charge in [-0.25, -0.2) is 0 Å². The summed E-state index contributed by atoms with van der Waals surface area (Å²) in [4.78, 5) is 14.3. The van der Waals surface area contributed by atoms with E-state index >= 15 is 0 Å². The van der Waals surface area contributed by atoms with Gasteiger partial charge < -0.3 is 23.8 Å². The summed E-state index contributed by atoms with van der Waals surface area (Å²) >= 11 is 3.47. The fraction of sp³-hybridized carbons (Fsp3) is 0.381. The maximum Gasteiger partial charge on any atom is 0.260 e. The van der Waals surface area contributed by atoms with E-state index in [4.69, 9.17) is 18.9 Å². The van der Waals surface area contributed by atoms with Crippen molar-refractivity contribution in [1.29, 1.82) is 0 Å². The predicted molar refractivity (Wildman–Crippen MR) is 107 cm³/mol. The summed E-state index contributed by atoms with van der Waals surface area (Å²) in [5, 5.41) is 0. The van der Waals surface area contributed by atoms with E-state index in [0.29, 0.717) is 44.0 Å². The van der Waals surface area contributed by atoms with Crippen LogP contribution in [0.2, 0.25) is 0 Å². The molecule has 0 bridgehead atoms. The molecule has 0 unspecified atom stereocenters. The summed E-state index contributed by atoms with van der Waals surface area (Å²) in [6, 6.07) is 13.2. The Labute approximate surface area is 172 Å². The molecule has 2 aromatic rings. The molecule has 1 fully saturated rings. The number of rotatable bonds is 4. The predicted octanol–water partition coefficient (Wildman–Crippen LogP) is 3.76. The number of hydrogen-bond acceptors (Lipinski definition) is 5. The van der Waals surface area contributed by atoms with E-state index in [1.807, 2.05) is 30.3 Å². The first-order valence-corrected chi connectivity index (χ1v) is 10.0. The Morgan fingerprint density at radius 2 is 1.93 bits per heavy atom. The van der Waals surface area contributed by atoms with Gasteiger partial charge in [0, 0.05) is 36.0 Å². The van der Waals surface area contributed by atoms with Gasteiger partial charge in [0.1, 0.15) is 5.75 Å². The summed E-state index contributed by atoms with van der Waals surface area (Å²) in [5.41, 5.74) is 1.03. The number of ether oxygens (including phenoxy) is 4. The van der Waals surface area contributed by atoms with E-state index in [1.165, 1.54) is 0 Å². The van der Waals surface area contributed by atoms with Gasteiger partial charge in [-0.15, -0.1) is 0 Å². The number of nitrogens with zero attached hydrogens (tertiary/aromatic N) is 1. The number of carbonyl (C=O) groups excluding carboxylic acids is 1. The molecule has 28 heavy (non-hydrogen) atoms. The lowest BCUT2D eigenvalue weighted by Gasteiger charge is -2.43. The number of para-hydroxylation sites is 2. The number of likely N-dealkylation sites (tertiary alicyclic amines) is 1. The molecule has 0 saturated carbocycles. The second-order valence-corrected chi connectivity index (χ2v) is 7.79. The minimum atomic E-state index is -0.652. The fourth-order valence-corrected chi connectivity index (χ4v) is 3.92. The van der Waals surface area contributed by atoms with E-state index < -0.39 is 5.79 Å². The number of methoxy groups -OCH3 is 1. The van der Waals surface area contributed by atoms with Crippen LogP contribution in [0.25, 0.3) is 0 Å². The van der Waals surface area contributed by atoms with Gasteiger partial charge in [0.15, 0.2) is 18.1 Å². The van der Waals surface area contributed by atoms with Crippen LogP contribution in [0.15, 0.2) is 46.9 Å². The SMILES string of the molecule is COc1ccccc1OCC(=O)N1CCC2(CC1)OCc1cc(Br)ccc1O2. The van der Waals surface area contributed by atoms with Crippen molar-refractivity contribution in [3.63, 3.8) is 0 Å². The van der Waals surface area contributed by atoms with Gasteiger partial charge >= 0.3 is 0 Å². The van der Waals surface area contributed by atoms with Crippen molar-refractivity contribution in [1.82, 2.24) is 4.90 Å². The Hall–Kier alpha value is -2.25. The molecule has 7 heteroatoms. The number of fused-ring (bicyclic) bond motifs is 1. The maximum absolute atomic E-state index is 12.6. The molecule has 2 aromatic carbocycles. The molecular formula is C21H22BrNO5. The minimum absolute atomic E-state index is 0.0219. The molecule has 4 rings (SSSR count). The molecule has 0 N–H and O–H groups in total. The topological polar surface area (TPSA) is 57.2 Å². The van der Waals surface area contributed by atoms with Crippen molar-refractivity contribution in [3.8, 4) is 17.2 Å². The highest BCUT2D eigenvalue weighted by Gasteiger charge is 2.41. The molecule has 2 aliphatic heterocycles. The highest BCUT2D eigenvalue weighted by molar-refractivity contribution is 9.10. The zero-order valence-corrected chi connectivity index (χ0v) is 17.2. The van der Waals surface area contributed by atoms with E-state index in [0.717, 1.165) is 15.8 Å². The average molecular weight is 448 g/mol. The zero-order chi connectivity index (χ0) is 19.6. The van der Waals surface area contributed by atoms with Gasteiger partial charge in [-0.05, 0) is 30.3 Å². The molecular weight excluding hydrogens is 426 g/mol. The molecule has 0 aromatic heterocycles. The molecule has 0 radical (unpaired) electrons. The second-order valence-electron chi connectivity index (χ2n) is 6.87. The summed E-state index contributed by atoms with van der Waals surface area (Å²) in [6.07, 6.45) is 1.26. The largest absolute Gasteiger partial charge is 0.493 e. The van der Waals surface area contributed by atoms with Crippen LogP contribution in [0.1, 0.15) is 18.4 Å². The Morgan fingerprint density at radius 3 is 2.68 bits per heavy atom. The van der Waals surface area contributed by atoms with Crippen LogP contribution in [0.3, 0.4) is 0 Å². The number of halogens is 1. The quantitative estimate of drug-likeness (QED) is 0.713. The Morgan fingerprint density at radius 1 is 1.18 bits per heavy atom. The van der Waals surface area contributed by atoms with Crippen LogP contribution in [0.4, 0.5) is 0 Å². The molecule has 1 spiro atoms. The van der Waals surface area contributed by atoms with Gasteiger partial charge in [0.25, 0.3) is 5.91 Å². The zero-order valence-electron chi connectivity index (χ0n) is 15.7. The summed E-state index contributed by atoms with van der Waals surface area (Å²) in [7, 11) is 1.58. The van der Waals surface area contributed by atoms with E-state index in [-0.39, 0.29) is 12.5 Å². The average Bonchev–Trinajstić information content (AvgIpc) is 2.73. The molecule has 148 valence electrons. The third-order valence-electron chi connectivity index (χ3n) is 5.11. The maximum atomic E-state index is 12.6. The normalized spacial score (nSPS) is 17.6. The summed E-state index contributed by atoms with van der Waals surface area (Å²) in [6.45, 7) is 1.63. The monoisotopic (exact) mass is 447 g/mol. The van der Waals surface area contributed by atoms with Crippen LogP contribution in [0, 0.1) is 0 Å². The van der Waals surface area contributed by atoms with Crippen LogP contribution >= 0.6 is 15.9 Å². The Bertz CT molecular complexity index is 864. The van der Waals surface area contributed by atoms with Gasteiger partial charge in [-0.2, -0.15) is 0 Å². The third-order valence-corrected chi connectivity index (χ3v) is 5.60. The Balaban J connectivity index is 1.33. The number of carbonyl (C=O) groups is 1. The smallest absolute Gasteiger partial charge is 0.260 e. The third kappa shape index (κ3) is 3.95. The lowest BCUT2D eigenvalue weighted by Crippen LogP contribution is -2.53. The fourth-order valence-electron chi connectivity index (χ4n) is 3.51. The number of piperidine rings is 1. The number of benzene rings is 2. The molecule has 1 saturated heterocycles. The van der Waals surface area contributed by atoms with Crippen LogP contribution < -0.4 is 14.2 Å². The van der Waals surface area contributed by atoms with Crippen LogP contribution in [-0.4, -0.2) is 43.4 Å². The van der Waals surface area contributed by atoms with Gasteiger partial charge in [-0.1, -0.05) is 28.1 Å². The van der Waals surface area contributed by atoms with Crippen molar-refractivity contribution in [2.75, 3.05) is 26.8 Å². The Kier molecular flexibility index (Phi) is 5.46. The molecule has 0 aliphatic carbocycles. The van der Waals surface area contributed by atoms with Crippen LogP contribution in [0.5, 0.6) is 17.2 Å². The molecule has 2 heterocycles. The van der Waals surface area contributed by atoms with Gasteiger partial charge in [-0.3, -0.25) is 4.79 Å². The van der Waals surface area contributed by atoms with Crippen molar-refractivity contribution in [3.05, 3.63) is 52.5 Å². The summed E-state index contributed by atoms with van der Waals surface area (Å²) < 4.78 is 24.1. The van der Waals surface area contributed by atoms with E-state index in [2.05, 4.69) is 15.9 Å². The molecule has 0 atom stereocenters. The number of hydrogen-bond donors (Lipinski definition) is 0. The second kappa shape index (κ2) is 8.01. The highest BCUT2D eigenvalue weighted by atomic mass is 79.9. The standard InChI is InChI=1S/C21H22BrNO5/c1-25-18-4-2-3-5-19(18)26-14-20(24)23-10-8-21(9-11-23)27-13-15-12-16(22)6-7-17(15)28-21/h2-7,12H,8-11,13-14H2,1H3.